The molecule has 2 N–H and O–H groups in total. The summed E-state index contributed by atoms with van der Waals surface area (Å²) in [5.41, 5.74) is 3.54. The molecule has 0 aliphatic rings. The summed E-state index contributed by atoms with van der Waals surface area (Å²) in [6.45, 7) is 6.45. The Bertz CT molecular complexity index is 904. The topological polar surface area (TPSA) is 63.5 Å². The van der Waals surface area contributed by atoms with Gasteiger partial charge in [-0.3, -0.25) is 4.79 Å². The molecule has 26 heavy (non-hydrogen) atoms. The standard InChI is InChI=1S/C21H28N2O3/c1-14(2)8-6-9-15(3)12-13-26-20-19(24)18-16(22-4)10-7-11-17(18)23(5)21(20)25/h7-8,10-12,22,24H,6,9,13H2,1-5H3/b15-12+. The lowest BCUT2D eigenvalue weighted by molar-refractivity contribution is 0.330. The summed E-state index contributed by atoms with van der Waals surface area (Å²) in [7, 11) is 3.45. The molecule has 140 valence electrons. The molecule has 0 atom stereocenters. The van der Waals surface area contributed by atoms with E-state index in [1.807, 2.05) is 25.1 Å². The molecule has 0 unspecified atom stereocenters. The van der Waals surface area contributed by atoms with Gasteiger partial charge >= 0.3 is 0 Å². The molecule has 1 aromatic carbocycles. The molecule has 0 spiro atoms. The molecule has 0 aliphatic heterocycles. The number of hydrogen-bond acceptors (Lipinski definition) is 4. The van der Waals surface area contributed by atoms with Crippen molar-refractivity contribution in [3.63, 3.8) is 0 Å². The molecule has 2 rings (SSSR count). The van der Waals surface area contributed by atoms with Crippen molar-refractivity contribution < 1.29 is 9.84 Å². The summed E-state index contributed by atoms with van der Waals surface area (Å²) >= 11 is 0. The summed E-state index contributed by atoms with van der Waals surface area (Å²) in [5.74, 6) is -0.139. The highest BCUT2D eigenvalue weighted by Crippen LogP contribution is 2.36. The molecular formula is C21H28N2O3. The van der Waals surface area contributed by atoms with Crippen LogP contribution in [0.15, 0.2) is 46.3 Å². The molecule has 0 bridgehead atoms. The first-order chi connectivity index (χ1) is 12.4. The minimum atomic E-state index is -0.348. The minimum Gasteiger partial charge on any atom is -0.504 e. The number of aromatic nitrogens is 1. The van der Waals surface area contributed by atoms with Gasteiger partial charge in [0.15, 0.2) is 5.75 Å². The van der Waals surface area contributed by atoms with Crippen LogP contribution < -0.4 is 15.6 Å². The zero-order valence-electron chi connectivity index (χ0n) is 16.2. The molecule has 2 aromatic rings. The molecule has 0 saturated carbocycles. The van der Waals surface area contributed by atoms with Gasteiger partial charge in [-0.1, -0.05) is 23.3 Å². The average Bonchev–Trinajstić information content (AvgIpc) is 2.61. The van der Waals surface area contributed by atoms with Crippen LogP contribution in [0.4, 0.5) is 5.69 Å². The second-order valence-corrected chi connectivity index (χ2v) is 6.67. The minimum absolute atomic E-state index is 0.0175. The van der Waals surface area contributed by atoms with Gasteiger partial charge in [0.05, 0.1) is 10.9 Å². The van der Waals surface area contributed by atoms with Crippen molar-refractivity contribution in [3.05, 3.63) is 51.9 Å². The lowest BCUT2D eigenvalue weighted by Gasteiger charge is -2.14. The fourth-order valence-corrected chi connectivity index (χ4v) is 2.84. The first-order valence-corrected chi connectivity index (χ1v) is 8.81. The number of aromatic hydroxyl groups is 1. The second-order valence-electron chi connectivity index (χ2n) is 6.67. The highest BCUT2D eigenvalue weighted by molar-refractivity contribution is 5.98. The SMILES string of the molecule is CNc1cccc2c1c(O)c(OC/C=C(\C)CCC=C(C)C)c(=O)n2C. The van der Waals surface area contributed by atoms with E-state index in [1.165, 1.54) is 15.7 Å². The van der Waals surface area contributed by atoms with Gasteiger partial charge in [0.2, 0.25) is 5.75 Å². The van der Waals surface area contributed by atoms with Crippen LogP contribution in [0.2, 0.25) is 0 Å². The Balaban J connectivity index is 2.27. The van der Waals surface area contributed by atoms with Crippen molar-refractivity contribution in [2.45, 2.75) is 33.6 Å². The van der Waals surface area contributed by atoms with Crippen LogP contribution in [0.3, 0.4) is 0 Å². The zero-order valence-corrected chi connectivity index (χ0v) is 16.2. The van der Waals surface area contributed by atoms with Crippen molar-refractivity contribution in [1.82, 2.24) is 4.57 Å². The van der Waals surface area contributed by atoms with Gasteiger partial charge in [0, 0.05) is 19.8 Å². The Morgan fingerprint density at radius 2 is 2.00 bits per heavy atom. The fourth-order valence-electron chi connectivity index (χ4n) is 2.84. The summed E-state index contributed by atoms with van der Waals surface area (Å²) < 4.78 is 7.15. The molecule has 0 radical (unpaired) electrons. The summed E-state index contributed by atoms with van der Waals surface area (Å²) in [6.07, 6.45) is 6.08. The molecule has 0 amide bonds. The van der Waals surface area contributed by atoms with Crippen LogP contribution in [-0.2, 0) is 7.05 Å². The number of benzene rings is 1. The Morgan fingerprint density at radius 3 is 2.65 bits per heavy atom. The van der Waals surface area contributed by atoms with Crippen molar-refractivity contribution in [3.8, 4) is 11.5 Å². The van der Waals surface area contributed by atoms with Crippen LogP contribution in [0.1, 0.15) is 33.6 Å². The molecular weight excluding hydrogens is 328 g/mol. The largest absolute Gasteiger partial charge is 0.504 e. The van der Waals surface area contributed by atoms with Crippen LogP contribution in [0.5, 0.6) is 11.5 Å². The van der Waals surface area contributed by atoms with Crippen LogP contribution >= 0.6 is 0 Å². The van der Waals surface area contributed by atoms with E-state index >= 15 is 0 Å². The number of anilines is 1. The fraction of sp³-hybridized carbons (Fsp3) is 0.381. The summed E-state index contributed by atoms with van der Waals surface area (Å²) in [6, 6.07) is 5.49. The van der Waals surface area contributed by atoms with Gasteiger partial charge in [-0.25, -0.2) is 0 Å². The van der Waals surface area contributed by atoms with E-state index in [1.54, 1.807) is 20.2 Å². The number of nitrogens with one attached hydrogen (secondary N) is 1. The lowest BCUT2D eigenvalue weighted by Crippen LogP contribution is -2.20. The molecule has 0 aliphatic carbocycles. The highest BCUT2D eigenvalue weighted by atomic mass is 16.5. The highest BCUT2D eigenvalue weighted by Gasteiger charge is 2.18. The van der Waals surface area contributed by atoms with Crippen LogP contribution in [0, 0.1) is 0 Å². The molecule has 1 heterocycles. The predicted octanol–water partition coefficient (Wildman–Crippen LogP) is 4.36. The zero-order chi connectivity index (χ0) is 19.3. The average molecular weight is 356 g/mol. The number of ether oxygens (including phenoxy) is 1. The third-order valence-corrected chi connectivity index (χ3v) is 4.37. The number of aryl methyl sites for hydroxylation is 1. The van der Waals surface area contributed by atoms with Gasteiger partial charge in [-0.2, -0.15) is 0 Å². The number of rotatable bonds is 7. The Morgan fingerprint density at radius 1 is 1.27 bits per heavy atom. The third kappa shape index (κ3) is 4.28. The maximum absolute atomic E-state index is 12.6. The normalized spacial score (nSPS) is 11.5. The number of allylic oxidation sites excluding steroid dienone is 3. The number of pyridine rings is 1. The van der Waals surface area contributed by atoms with E-state index in [0.717, 1.165) is 18.5 Å². The van der Waals surface area contributed by atoms with Crippen LogP contribution in [0.25, 0.3) is 10.9 Å². The molecule has 5 nitrogen and oxygen atoms in total. The lowest BCUT2D eigenvalue weighted by atomic mass is 10.1. The van der Waals surface area contributed by atoms with Crippen LogP contribution in [-0.4, -0.2) is 23.3 Å². The van der Waals surface area contributed by atoms with Crippen molar-refractivity contribution in [2.24, 2.45) is 7.05 Å². The van der Waals surface area contributed by atoms with E-state index in [0.29, 0.717) is 10.9 Å². The number of fused-ring (bicyclic) bond motifs is 1. The predicted molar refractivity (Wildman–Crippen MR) is 108 cm³/mol. The van der Waals surface area contributed by atoms with Gasteiger partial charge in [0.25, 0.3) is 5.56 Å². The Labute approximate surface area is 154 Å². The first-order valence-electron chi connectivity index (χ1n) is 8.81. The van der Waals surface area contributed by atoms with Crippen molar-refractivity contribution in [2.75, 3.05) is 19.0 Å². The van der Waals surface area contributed by atoms with E-state index in [2.05, 4.69) is 25.2 Å². The van der Waals surface area contributed by atoms with Crippen molar-refractivity contribution in [1.29, 1.82) is 0 Å². The first kappa shape index (κ1) is 19.6. The molecule has 1 aromatic heterocycles. The second kappa shape index (κ2) is 8.61. The molecule has 0 saturated heterocycles. The third-order valence-electron chi connectivity index (χ3n) is 4.37. The quantitative estimate of drug-likeness (QED) is 0.724. The number of hydrogen-bond donors (Lipinski definition) is 2. The monoisotopic (exact) mass is 356 g/mol. The number of nitrogens with zero attached hydrogens (tertiary/aromatic N) is 1. The van der Waals surface area contributed by atoms with E-state index in [-0.39, 0.29) is 23.7 Å². The Kier molecular flexibility index (Phi) is 6.50. The van der Waals surface area contributed by atoms with Crippen molar-refractivity contribution >= 4 is 16.6 Å². The van der Waals surface area contributed by atoms with Gasteiger partial charge in [-0.15, -0.1) is 0 Å². The smallest absolute Gasteiger partial charge is 0.297 e. The molecule has 0 fully saturated rings. The Hall–Kier alpha value is -2.69. The maximum Gasteiger partial charge on any atom is 0.297 e. The van der Waals surface area contributed by atoms with Gasteiger partial charge < -0.3 is 19.7 Å². The summed E-state index contributed by atoms with van der Waals surface area (Å²) in [4.78, 5) is 12.6. The van der Waals surface area contributed by atoms with Gasteiger partial charge in [-0.05, 0) is 51.8 Å². The van der Waals surface area contributed by atoms with Gasteiger partial charge in [0.1, 0.15) is 6.61 Å². The van der Waals surface area contributed by atoms with E-state index in [4.69, 9.17) is 4.74 Å². The molecule has 5 heteroatoms. The summed E-state index contributed by atoms with van der Waals surface area (Å²) in [5, 5.41) is 14.3. The van der Waals surface area contributed by atoms with E-state index in [9.17, 15) is 9.90 Å². The van der Waals surface area contributed by atoms with E-state index < -0.39 is 0 Å². The maximum atomic E-state index is 12.6.